The Labute approximate surface area is 218 Å². The lowest BCUT2D eigenvalue weighted by Gasteiger charge is -2.26. The molecule has 1 saturated heterocycles. The quantitative estimate of drug-likeness (QED) is 0.285. The number of nitrogens with one attached hydrogen (secondary N) is 3. The minimum atomic E-state index is -1.02. The molecule has 2 aromatic carbocycles. The summed E-state index contributed by atoms with van der Waals surface area (Å²) < 4.78 is 5.76. The molecule has 2 aliphatic rings. The molecule has 2 heterocycles. The number of anilines is 2. The van der Waals surface area contributed by atoms with Crippen LogP contribution < -0.4 is 21.3 Å². The van der Waals surface area contributed by atoms with Crippen molar-refractivity contribution in [2.75, 3.05) is 36.5 Å². The molecule has 2 aliphatic heterocycles. The highest BCUT2D eigenvalue weighted by Crippen LogP contribution is 2.30. The van der Waals surface area contributed by atoms with Gasteiger partial charge in [-0.2, -0.15) is 0 Å². The monoisotopic (exact) mass is 514 g/mol. The summed E-state index contributed by atoms with van der Waals surface area (Å²) in [4.78, 5) is 30.3. The van der Waals surface area contributed by atoms with E-state index in [4.69, 9.17) is 15.9 Å². The fraction of sp³-hybridized carbons (Fsp3) is 0.423. The highest BCUT2D eigenvalue weighted by molar-refractivity contribution is 6.01. The van der Waals surface area contributed by atoms with E-state index in [1.807, 2.05) is 32.0 Å². The van der Waals surface area contributed by atoms with Gasteiger partial charge in [-0.3, -0.25) is 15.0 Å². The van der Waals surface area contributed by atoms with Crippen LogP contribution in [0.25, 0.3) is 0 Å². The molecule has 9 nitrogen and oxygen atoms in total. The number of amides is 2. The number of hydrogen-bond acceptors (Lipinski definition) is 6. The van der Waals surface area contributed by atoms with Crippen LogP contribution in [0.3, 0.4) is 0 Å². The SMILES string of the molecule is CCNc1cc(C(=N)N)ccc1CNC(=O)C(OCC)N1Cc2ccc(N3CCCC3)cc2C1=O.Cl. The molecule has 0 radical (unpaired) electrons. The number of nitrogens with two attached hydrogens (primary N) is 1. The van der Waals surface area contributed by atoms with Crippen LogP contribution in [-0.4, -0.2) is 55.0 Å². The van der Waals surface area contributed by atoms with Crippen molar-refractivity contribution in [3.63, 3.8) is 0 Å². The van der Waals surface area contributed by atoms with Crippen molar-refractivity contribution in [1.82, 2.24) is 10.2 Å². The van der Waals surface area contributed by atoms with Crippen molar-refractivity contribution in [3.8, 4) is 0 Å². The second kappa shape index (κ2) is 12.1. The second-order valence-electron chi connectivity index (χ2n) is 8.81. The van der Waals surface area contributed by atoms with Gasteiger partial charge in [0.05, 0.1) is 0 Å². The van der Waals surface area contributed by atoms with Crippen LogP contribution >= 0.6 is 12.4 Å². The summed E-state index contributed by atoms with van der Waals surface area (Å²) in [5.41, 5.74) is 10.5. The van der Waals surface area contributed by atoms with E-state index in [0.717, 1.165) is 48.4 Å². The predicted molar refractivity (Wildman–Crippen MR) is 144 cm³/mol. The number of hydrogen-bond donors (Lipinski definition) is 4. The maximum absolute atomic E-state index is 13.3. The first-order chi connectivity index (χ1) is 16.9. The molecule has 0 aliphatic carbocycles. The van der Waals surface area contributed by atoms with Gasteiger partial charge in [-0.05, 0) is 56.0 Å². The molecular weight excluding hydrogens is 480 g/mol. The number of nitrogens with zero attached hydrogens (tertiary/aromatic N) is 2. The van der Waals surface area contributed by atoms with E-state index in [1.54, 1.807) is 12.1 Å². The summed E-state index contributed by atoms with van der Waals surface area (Å²) >= 11 is 0. The first-order valence-corrected chi connectivity index (χ1v) is 12.2. The van der Waals surface area contributed by atoms with Gasteiger partial charge in [0.25, 0.3) is 11.8 Å². The van der Waals surface area contributed by atoms with E-state index < -0.39 is 6.23 Å². The number of benzene rings is 2. The van der Waals surface area contributed by atoms with Crippen molar-refractivity contribution in [1.29, 1.82) is 5.41 Å². The highest BCUT2D eigenvalue weighted by Gasteiger charge is 2.37. The predicted octanol–water partition coefficient (Wildman–Crippen LogP) is 3.06. The first kappa shape index (κ1) is 27.3. The molecule has 2 amide bonds. The number of rotatable bonds is 10. The number of fused-ring (bicyclic) bond motifs is 1. The third-order valence-corrected chi connectivity index (χ3v) is 6.47. The average Bonchev–Trinajstić information content (AvgIpc) is 3.50. The van der Waals surface area contributed by atoms with Gasteiger partial charge in [-0.1, -0.05) is 18.2 Å². The van der Waals surface area contributed by atoms with E-state index in [0.29, 0.717) is 30.8 Å². The number of ether oxygens (including phenoxy) is 1. The Bertz CT molecular complexity index is 1120. The van der Waals surface area contributed by atoms with E-state index in [2.05, 4.69) is 21.6 Å². The fourth-order valence-corrected chi connectivity index (χ4v) is 4.66. The van der Waals surface area contributed by atoms with Gasteiger partial charge in [0, 0.05) is 61.8 Å². The van der Waals surface area contributed by atoms with Crippen molar-refractivity contribution in [3.05, 3.63) is 58.7 Å². The molecule has 1 unspecified atom stereocenters. The Morgan fingerprint density at radius 1 is 1.17 bits per heavy atom. The number of amidine groups is 1. The third-order valence-electron chi connectivity index (χ3n) is 6.47. The summed E-state index contributed by atoms with van der Waals surface area (Å²) in [5.74, 6) is -0.573. The Hall–Kier alpha value is -3.30. The molecule has 10 heteroatoms. The first-order valence-electron chi connectivity index (χ1n) is 12.2. The van der Waals surface area contributed by atoms with Gasteiger partial charge >= 0.3 is 0 Å². The standard InChI is InChI=1S/C26H34N6O3.ClH/c1-3-29-22-13-17(23(27)28)7-8-18(22)15-30-24(33)26(35-4-2)32-16-19-9-10-20(14-21(19)25(32)34)31-11-5-6-12-31;/h7-10,13-14,26,29H,3-6,11-12,15-16H2,1-2H3,(H3,27,28)(H,30,33);1H. The van der Waals surface area contributed by atoms with Crippen LogP contribution in [0.15, 0.2) is 36.4 Å². The Morgan fingerprint density at radius 2 is 1.92 bits per heavy atom. The van der Waals surface area contributed by atoms with Gasteiger partial charge in [0.2, 0.25) is 6.23 Å². The van der Waals surface area contributed by atoms with Crippen molar-refractivity contribution in [2.45, 2.75) is 46.0 Å². The number of carbonyl (C=O) groups excluding carboxylic acids is 2. The molecule has 1 atom stereocenters. The Morgan fingerprint density at radius 3 is 2.58 bits per heavy atom. The van der Waals surface area contributed by atoms with Gasteiger partial charge in [-0.15, -0.1) is 12.4 Å². The smallest absolute Gasteiger partial charge is 0.270 e. The zero-order valence-electron chi connectivity index (χ0n) is 20.8. The lowest BCUT2D eigenvalue weighted by molar-refractivity contribution is -0.143. The number of nitrogen functional groups attached to an aromatic ring is 1. The Balaban J connectivity index is 0.00000361. The topological polar surface area (TPSA) is 124 Å². The average molecular weight is 515 g/mol. The van der Waals surface area contributed by atoms with Gasteiger partial charge in [0.1, 0.15) is 5.84 Å². The molecule has 0 aromatic heterocycles. The minimum absolute atomic E-state index is 0. The Kier molecular flexibility index (Phi) is 9.17. The van der Waals surface area contributed by atoms with E-state index in [1.165, 1.54) is 4.90 Å². The summed E-state index contributed by atoms with van der Waals surface area (Å²) in [7, 11) is 0. The van der Waals surface area contributed by atoms with Gasteiger partial charge < -0.3 is 30.9 Å². The zero-order chi connectivity index (χ0) is 24.9. The van der Waals surface area contributed by atoms with Crippen LogP contribution in [0.5, 0.6) is 0 Å². The molecule has 1 fully saturated rings. The normalized spacial score (nSPS) is 15.3. The maximum atomic E-state index is 13.3. The fourth-order valence-electron chi connectivity index (χ4n) is 4.66. The molecule has 5 N–H and O–H groups in total. The molecule has 194 valence electrons. The molecule has 0 bridgehead atoms. The van der Waals surface area contributed by atoms with Crippen LogP contribution in [0.2, 0.25) is 0 Å². The molecule has 0 saturated carbocycles. The molecule has 0 spiro atoms. The number of halogens is 1. The van der Waals surface area contributed by atoms with Gasteiger partial charge in [0.15, 0.2) is 0 Å². The van der Waals surface area contributed by atoms with Crippen molar-refractivity contribution in [2.24, 2.45) is 5.73 Å². The maximum Gasteiger partial charge on any atom is 0.270 e. The van der Waals surface area contributed by atoms with E-state index in [-0.39, 0.29) is 36.6 Å². The van der Waals surface area contributed by atoms with Crippen LogP contribution in [-0.2, 0) is 22.6 Å². The summed E-state index contributed by atoms with van der Waals surface area (Å²) in [6, 6.07) is 11.4. The second-order valence-corrected chi connectivity index (χ2v) is 8.81. The van der Waals surface area contributed by atoms with Crippen LogP contribution in [0, 0.1) is 5.41 Å². The van der Waals surface area contributed by atoms with Crippen molar-refractivity contribution < 1.29 is 14.3 Å². The van der Waals surface area contributed by atoms with Crippen LogP contribution in [0.4, 0.5) is 11.4 Å². The highest BCUT2D eigenvalue weighted by atomic mass is 35.5. The molecular formula is C26H35ClN6O3. The summed E-state index contributed by atoms with van der Waals surface area (Å²) in [6.45, 7) is 7.35. The molecule has 36 heavy (non-hydrogen) atoms. The minimum Gasteiger partial charge on any atom is -0.385 e. The largest absolute Gasteiger partial charge is 0.385 e. The molecule has 4 rings (SSSR count). The zero-order valence-corrected chi connectivity index (χ0v) is 21.6. The van der Waals surface area contributed by atoms with E-state index in [9.17, 15) is 9.59 Å². The lowest BCUT2D eigenvalue weighted by atomic mass is 10.1. The van der Waals surface area contributed by atoms with Gasteiger partial charge in [-0.25, -0.2) is 0 Å². The van der Waals surface area contributed by atoms with Crippen LogP contribution in [0.1, 0.15) is 53.7 Å². The lowest BCUT2D eigenvalue weighted by Crippen LogP contribution is -2.48. The molecule has 2 aromatic rings. The summed E-state index contributed by atoms with van der Waals surface area (Å²) in [6.07, 6.45) is 1.31. The van der Waals surface area contributed by atoms with Crippen molar-refractivity contribution >= 4 is 41.4 Å². The van der Waals surface area contributed by atoms with E-state index >= 15 is 0 Å². The third kappa shape index (κ3) is 5.74. The number of carbonyl (C=O) groups is 2. The summed E-state index contributed by atoms with van der Waals surface area (Å²) in [5, 5.41) is 13.8.